The Morgan fingerprint density at radius 1 is 0.868 bits per heavy atom. The van der Waals surface area contributed by atoms with Gasteiger partial charge in [-0.25, -0.2) is 4.79 Å². The number of hydrogen-bond acceptors (Lipinski definition) is 4. The molecule has 0 bridgehead atoms. The zero-order valence-corrected chi connectivity index (χ0v) is 19.8. The Hall–Kier alpha value is -2.71. The third-order valence-electron chi connectivity index (χ3n) is 6.74. The summed E-state index contributed by atoms with van der Waals surface area (Å²) in [4.78, 5) is 25.4. The first-order valence-corrected chi connectivity index (χ1v) is 11.7. The fourth-order valence-corrected chi connectivity index (χ4v) is 4.72. The zero-order valence-electron chi connectivity index (χ0n) is 19.8. The van der Waals surface area contributed by atoms with Crippen molar-refractivity contribution in [2.45, 2.75) is 62.8 Å². The number of carbonyl (C=O) groups excluding carboxylic acids is 1. The van der Waals surface area contributed by atoms with Crippen molar-refractivity contribution in [1.29, 1.82) is 0 Å². The van der Waals surface area contributed by atoms with Crippen LogP contribution in [-0.2, 0) is 22.3 Å². The van der Waals surface area contributed by atoms with Crippen molar-refractivity contribution in [1.82, 2.24) is 9.80 Å². The zero-order chi connectivity index (χ0) is 28.5. The van der Waals surface area contributed by atoms with Gasteiger partial charge in [-0.1, -0.05) is 6.07 Å². The summed E-state index contributed by atoms with van der Waals surface area (Å²) in [5.41, 5.74) is -0.162. The second kappa shape index (κ2) is 11.2. The van der Waals surface area contributed by atoms with Crippen LogP contribution in [0, 0.1) is 5.92 Å². The monoisotopic (exact) mass is 564 g/mol. The predicted octanol–water partition coefficient (Wildman–Crippen LogP) is 5.81. The maximum Gasteiger partial charge on any atom is 0.434 e. The Morgan fingerprint density at radius 2 is 1.42 bits per heavy atom. The van der Waals surface area contributed by atoms with Gasteiger partial charge in [-0.3, -0.25) is 9.69 Å². The molecule has 1 saturated carbocycles. The number of ether oxygens (including phenoxy) is 1. The molecule has 1 aliphatic carbocycles. The van der Waals surface area contributed by atoms with Crippen LogP contribution in [0.4, 0.5) is 44.3 Å². The number of amides is 1. The molecule has 1 aliphatic heterocycles. The number of benzene rings is 1. The summed E-state index contributed by atoms with van der Waals surface area (Å²) in [7, 11) is 0. The minimum atomic E-state index is -5.84. The minimum absolute atomic E-state index is 0.00198. The number of alkyl halides is 9. The Bertz CT molecular complexity index is 980. The van der Waals surface area contributed by atoms with E-state index in [1.165, 1.54) is 0 Å². The van der Waals surface area contributed by atoms with Crippen molar-refractivity contribution in [3.05, 3.63) is 34.9 Å². The average molecular weight is 564 g/mol. The van der Waals surface area contributed by atoms with Crippen molar-refractivity contribution < 1.29 is 58.9 Å². The van der Waals surface area contributed by atoms with Crippen LogP contribution < -0.4 is 0 Å². The highest BCUT2D eigenvalue weighted by Gasteiger charge is 2.60. The van der Waals surface area contributed by atoms with E-state index < -0.39 is 48.2 Å². The second-order valence-corrected chi connectivity index (χ2v) is 9.46. The molecule has 15 heteroatoms. The Labute approximate surface area is 211 Å². The van der Waals surface area contributed by atoms with Gasteiger partial charge in [0.25, 0.3) is 6.10 Å². The number of aliphatic carboxylic acids is 1. The van der Waals surface area contributed by atoms with E-state index in [4.69, 9.17) is 5.11 Å². The molecular weight excluding hydrogens is 539 g/mol. The van der Waals surface area contributed by atoms with Crippen molar-refractivity contribution in [3.63, 3.8) is 0 Å². The molecule has 3 rings (SSSR count). The average Bonchev–Trinajstić information content (AvgIpc) is 2.80. The van der Waals surface area contributed by atoms with Crippen LogP contribution >= 0.6 is 0 Å². The third kappa shape index (κ3) is 7.67. The van der Waals surface area contributed by atoms with Crippen LogP contribution in [0.5, 0.6) is 0 Å². The highest BCUT2D eigenvalue weighted by Crippen LogP contribution is 2.39. The molecule has 214 valence electrons. The normalized spacial score (nSPS) is 22.0. The van der Waals surface area contributed by atoms with Gasteiger partial charge in [0.1, 0.15) is 0 Å². The van der Waals surface area contributed by atoms with Crippen LogP contribution in [0.15, 0.2) is 18.2 Å². The first-order chi connectivity index (χ1) is 17.4. The molecule has 1 heterocycles. The van der Waals surface area contributed by atoms with Crippen LogP contribution in [0.25, 0.3) is 0 Å². The summed E-state index contributed by atoms with van der Waals surface area (Å²) in [6, 6.07) is 3.60. The molecule has 1 aromatic carbocycles. The molecule has 1 aromatic rings. The van der Waals surface area contributed by atoms with E-state index >= 15 is 0 Å². The van der Waals surface area contributed by atoms with Gasteiger partial charge in [-0.2, -0.15) is 39.5 Å². The fourth-order valence-electron chi connectivity index (χ4n) is 4.72. The number of piperazine rings is 1. The van der Waals surface area contributed by atoms with E-state index in [1.807, 2.05) is 0 Å². The van der Waals surface area contributed by atoms with Gasteiger partial charge in [0.05, 0.1) is 11.5 Å². The van der Waals surface area contributed by atoms with Gasteiger partial charge in [-0.15, -0.1) is 0 Å². The molecule has 38 heavy (non-hydrogen) atoms. The Morgan fingerprint density at radius 3 is 1.89 bits per heavy atom. The van der Waals surface area contributed by atoms with Gasteiger partial charge < -0.3 is 14.7 Å². The topological polar surface area (TPSA) is 70.1 Å². The summed E-state index contributed by atoms with van der Waals surface area (Å²) >= 11 is 0. The number of carboxylic acids is 1. The lowest BCUT2D eigenvalue weighted by atomic mass is 9.78. The maximum absolute atomic E-state index is 13.6. The maximum atomic E-state index is 13.6. The molecule has 1 saturated heterocycles. The summed E-state index contributed by atoms with van der Waals surface area (Å²) in [6.45, 7) is -0.614. The van der Waals surface area contributed by atoms with Crippen LogP contribution in [0.3, 0.4) is 0 Å². The molecule has 6 nitrogen and oxygen atoms in total. The lowest BCUT2D eigenvalue weighted by Crippen LogP contribution is -2.52. The van der Waals surface area contributed by atoms with Crippen molar-refractivity contribution in [2.24, 2.45) is 5.92 Å². The minimum Gasteiger partial charge on any atom is -0.481 e. The fraction of sp³-hybridized carbons (Fsp3) is 0.652. The Kier molecular flexibility index (Phi) is 8.78. The molecule has 0 spiro atoms. The third-order valence-corrected chi connectivity index (χ3v) is 6.74. The number of hydrogen-bond donors (Lipinski definition) is 1. The van der Waals surface area contributed by atoms with Gasteiger partial charge in [0, 0.05) is 32.7 Å². The summed E-state index contributed by atoms with van der Waals surface area (Å²) in [6.07, 6.45) is -20.9. The first kappa shape index (κ1) is 29.8. The van der Waals surface area contributed by atoms with E-state index in [9.17, 15) is 49.1 Å². The van der Waals surface area contributed by atoms with Crippen molar-refractivity contribution in [2.75, 3.05) is 26.2 Å². The first-order valence-electron chi connectivity index (χ1n) is 11.7. The highest BCUT2D eigenvalue weighted by molar-refractivity contribution is 5.70. The second-order valence-electron chi connectivity index (χ2n) is 9.46. The molecule has 0 radical (unpaired) electrons. The van der Waals surface area contributed by atoms with Crippen LogP contribution in [0.2, 0.25) is 0 Å². The van der Waals surface area contributed by atoms with Crippen LogP contribution in [-0.4, -0.2) is 71.6 Å². The van der Waals surface area contributed by atoms with Gasteiger partial charge in [0.15, 0.2) is 0 Å². The molecule has 1 amide bonds. The SMILES string of the molecule is O=C(O)C1CCC(c2cc(CN3CCN(C(=O)OC(C(F)(F)F)C(F)(F)F)CC3)cc(C(F)(F)F)c2)CC1. The summed E-state index contributed by atoms with van der Waals surface area (Å²) in [5, 5.41) is 9.15. The predicted molar refractivity (Wildman–Crippen MR) is 113 cm³/mol. The number of halogens is 9. The lowest BCUT2D eigenvalue weighted by molar-refractivity contribution is -0.308. The quantitative estimate of drug-likeness (QED) is 0.458. The number of carbonyl (C=O) groups is 2. The smallest absolute Gasteiger partial charge is 0.434 e. The molecule has 2 aliphatic rings. The van der Waals surface area contributed by atoms with Gasteiger partial charge in [0.2, 0.25) is 0 Å². The van der Waals surface area contributed by atoms with Crippen molar-refractivity contribution in [3.8, 4) is 0 Å². The number of carboxylic acid groups (broad SMARTS) is 1. The largest absolute Gasteiger partial charge is 0.481 e. The van der Waals surface area contributed by atoms with Crippen LogP contribution in [0.1, 0.15) is 48.3 Å². The molecule has 0 atom stereocenters. The summed E-state index contributed by atoms with van der Waals surface area (Å²) in [5.74, 6) is -1.74. The molecular formula is C23H25F9N2O4. The van der Waals surface area contributed by atoms with E-state index in [-0.39, 0.29) is 38.6 Å². The van der Waals surface area contributed by atoms with E-state index in [1.54, 1.807) is 11.0 Å². The van der Waals surface area contributed by atoms with E-state index in [0.29, 0.717) is 41.7 Å². The lowest BCUT2D eigenvalue weighted by Gasteiger charge is -2.35. The summed E-state index contributed by atoms with van der Waals surface area (Å²) < 4.78 is 120. The molecule has 1 N–H and O–H groups in total. The van der Waals surface area contributed by atoms with Gasteiger partial charge in [-0.05, 0) is 54.9 Å². The molecule has 2 fully saturated rings. The standard InChI is InChI=1S/C23H25F9N2O4/c24-21(25,26)17-10-13(9-16(11-17)14-1-3-15(4-2-14)18(35)36)12-33-5-7-34(8-6-33)20(37)38-19(22(27,28)29)23(30,31)32/h9-11,14-15,19H,1-8,12H2,(H,35,36). The van der Waals surface area contributed by atoms with E-state index in [2.05, 4.69) is 4.74 Å². The number of rotatable bonds is 5. The molecule has 0 aromatic heterocycles. The van der Waals surface area contributed by atoms with Gasteiger partial charge >= 0.3 is 30.6 Å². The highest BCUT2D eigenvalue weighted by atomic mass is 19.4. The Balaban J connectivity index is 1.65. The number of nitrogens with zero attached hydrogens (tertiary/aromatic N) is 2. The van der Waals surface area contributed by atoms with Crippen molar-refractivity contribution >= 4 is 12.1 Å². The molecule has 0 unspecified atom stereocenters. The van der Waals surface area contributed by atoms with E-state index in [0.717, 1.165) is 12.1 Å².